The summed E-state index contributed by atoms with van der Waals surface area (Å²) >= 11 is 0. The molecule has 0 bridgehead atoms. The summed E-state index contributed by atoms with van der Waals surface area (Å²) in [5.74, 6) is 1.00. The zero-order valence-electron chi connectivity index (χ0n) is 15.7. The van der Waals surface area contributed by atoms with Crippen LogP contribution in [0.4, 0.5) is 16.2 Å². The van der Waals surface area contributed by atoms with Crippen molar-refractivity contribution in [3.8, 4) is 0 Å². The number of nitrogens with one attached hydrogen (secondary N) is 3. The Hall–Kier alpha value is -3.41. The van der Waals surface area contributed by atoms with E-state index >= 15 is 0 Å². The maximum absolute atomic E-state index is 13.8. The molecule has 0 saturated heterocycles. The van der Waals surface area contributed by atoms with Crippen molar-refractivity contribution in [2.24, 2.45) is 0 Å². The van der Waals surface area contributed by atoms with Crippen molar-refractivity contribution in [3.63, 3.8) is 0 Å². The molecule has 0 unspecified atom stereocenters. The third-order valence-electron chi connectivity index (χ3n) is 4.62. The molecular weight excluding hydrogens is 353 g/mol. The van der Waals surface area contributed by atoms with Gasteiger partial charge in [0.05, 0.1) is 0 Å². The van der Waals surface area contributed by atoms with E-state index in [-0.39, 0.29) is 5.82 Å². The van der Waals surface area contributed by atoms with Crippen molar-refractivity contribution in [2.75, 3.05) is 17.2 Å². The number of fused-ring (bicyclic) bond motifs is 1. The van der Waals surface area contributed by atoms with Crippen LogP contribution in [0.1, 0.15) is 16.8 Å². The van der Waals surface area contributed by atoms with Crippen LogP contribution in [0.25, 0.3) is 10.9 Å². The van der Waals surface area contributed by atoms with Gasteiger partial charge in [0.1, 0.15) is 11.6 Å². The van der Waals surface area contributed by atoms with Crippen molar-refractivity contribution in [3.05, 3.63) is 83.4 Å². The summed E-state index contributed by atoms with van der Waals surface area (Å²) < 4.78 is 13.8. The molecule has 142 valence electrons. The summed E-state index contributed by atoms with van der Waals surface area (Å²) in [6, 6.07) is 16.9. The summed E-state index contributed by atoms with van der Waals surface area (Å²) in [4.78, 5) is 12.2. The fourth-order valence-electron chi connectivity index (χ4n) is 3.22. The van der Waals surface area contributed by atoms with Gasteiger partial charge < -0.3 is 15.6 Å². The summed E-state index contributed by atoms with van der Waals surface area (Å²) in [6.45, 7) is 3.01. The first-order valence-corrected chi connectivity index (χ1v) is 9.31. The molecule has 5 nitrogen and oxygen atoms in total. The second-order valence-corrected chi connectivity index (χ2v) is 6.70. The standard InChI is InChI=1S/C22H22FN5/c1-15-12-21(24-11-10-16-13-25-20-9-5-3-7-18(16)20)28-22(27-15)26-14-17-6-2-4-8-19(17)23/h2-9,12-13,25H,10-11,14H2,1H3,(H2,24,26,27,28). The maximum Gasteiger partial charge on any atom is 0.225 e. The number of aromatic nitrogens is 3. The molecule has 4 rings (SSSR count). The highest BCUT2D eigenvalue weighted by Gasteiger charge is 2.06. The molecule has 0 aliphatic carbocycles. The van der Waals surface area contributed by atoms with E-state index in [0.29, 0.717) is 18.1 Å². The SMILES string of the molecule is Cc1cc(NCCc2c[nH]c3ccccc23)nc(NCc2ccccc2F)n1. The Bertz CT molecular complexity index is 1090. The van der Waals surface area contributed by atoms with Gasteiger partial charge in [0, 0.05) is 47.5 Å². The topological polar surface area (TPSA) is 65.6 Å². The molecule has 4 aromatic rings. The average molecular weight is 375 g/mol. The molecule has 0 radical (unpaired) electrons. The Balaban J connectivity index is 1.39. The quantitative estimate of drug-likeness (QED) is 0.439. The first kappa shape index (κ1) is 18.0. The van der Waals surface area contributed by atoms with Crippen molar-refractivity contribution in [2.45, 2.75) is 19.9 Å². The fraction of sp³-hybridized carbons (Fsp3) is 0.182. The highest BCUT2D eigenvalue weighted by atomic mass is 19.1. The monoisotopic (exact) mass is 375 g/mol. The van der Waals surface area contributed by atoms with Gasteiger partial charge >= 0.3 is 0 Å². The molecule has 0 saturated carbocycles. The number of aromatic amines is 1. The van der Waals surface area contributed by atoms with Gasteiger partial charge in [0.25, 0.3) is 0 Å². The lowest BCUT2D eigenvalue weighted by Gasteiger charge is -2.10. The minimum Gasteiger partial charge on any atom is -0.370 e. The largest absolute Gasteiger partial charge is 0.370 e. The number of halogens is 1. The minimum atomic E-state index is -0.236. The fourth-order valence-corrected chi connectivity index (χ4v) is 3.22. The van der Waals surface area contributed by atoms with Crippen LogP contribution in [0.2, 0.25) is 0 Å². The number of para-hydroxylation sites is 1. The van der Waals surface area contributed by atoms with Gasteiger partial charge in [-0.1, -0.05) is 36.4 Å². The molecule has 6 heteroatoms. The van der Waals surface area contributed by atoms with Crippen molar-refractivity contribution < 1.29 is 4.39 Å². The predicted octanol–water partition coefficient (Wildman–Crippen LogP) is 4.67. The Labute approximate surface area is 163 Å². The molecule has 2 aromatic carbocycles. The molecule has 3 N–H and O–H groups in total. The van der Waals surface area contributed by atoms with Gasteiger partial charge in [-0.2, -0.15) is 4.98 Å². The Morgan fingerprint density at radius 2 is 1.79 bits per heavy atom. The van der Waals surface area contributed by atoms with Crippen LogP contribution >= 0.6 is 0 Å². The van der Waals surface area contributed by atoms with Crippen LogP contribution in [-0.4, -0.2) is 21.5 Å². The molecule has 0 atom stereocenters. The normalized spacial score (nSPS) is 10.9. The number of rotatable bonds is 7. The molecule has 2 heterocycles. The zero-order chi connectivity index (χ0) is 19.3. The van der Waals surface area contributed by atoms with E-state index in [1.165, 1.54) is 17.0 Å². The number of nitrogens with zero attached hydrogens (tertiary/aromatic N) is 2. The number of aryl methyl sites for hydroxylation is 1. The summed E-state index contributed by atoms with van der Waals surface area (Å²) in [5.41, 5.74) is 3.85. The van der Waals surface area contributed by atoms with Crippen LogP contribution in [-0.2, 0) is 13.0 Å². The molecule has 0 fully saturated rings. The summed E-state index contributed by atoms with van der Waals surface area (Å²) in [6.07, 6.45) is 2.93. The number of hydrogen-bond donors (Lipinski definition) is 3. The van der Waals surface area contributed by atoms with Crippen LogP contribution in [0, 0.1) is 12.7 Å². The Morgan fingerprint density at radius 1 is 0.964 bits per heavy atom. The second kappa shape index (κ2) is 8.08. The first-order chi connectivity index (χ1) is 13.7. The van der Waals surface area contributed by atoms with Crippen LogP contribution in [0.15, 0.2) is 60.8 Å². The lowest BCUT2D eigenvalue weighted by atomic mass is 10.1. The van der Waals surface area contributed by atoms with Gasteiger partial charge in [-0.3, -0.25) is 0 Å². The molecule has 0 aliphatic heterocycles. The van der Waals surface area contributed by atoms with E-state index in [4.69, 9.17) is 0 Å². The minimum absolute atomic E-state index is 0.236. The average Bonchev–Trinajstić information content (AvgIpc) is 3.10. The van der Waals surface area contributed by atoms with Gasteiger partial charge in [0.2, 0.25) is 5.95 Å². The molecule has 0 aliphatic rings. The number of H-pyrrole nitrogens is 1. The lowest BCUT2D eigenvalue weighted by Crippen LogP contribution is -2.10. The van der Waals surface area contributed by atoms with Gasteiger partial charge in [0.15, 0.2) is 0 Å². The first-order valence-electron chi connectivity index (χ1n) is 9.31. The van der Waals surface area contributed by atoms with Crippen molar-refractivity contribution >= 4 is 22.7 Å². The summed E-state index contributed by atoms with van der Waals surface area (Å²) in [7, 11) is 0. The predicted molar refractivity (Wildman–Crippen MR) is 111 cm³/mol. The number of benzene rings is 2. The third kappa shape index (κ3) is 4.11. The Morgan fingerprint density at radius 3 is 2.68 bits per heavy atom. The molecule has 0 amide bonds. The van der Waals surface area contributed by atoms with Gasteiger partial charge in [-0.05, 0) is 31.0 Å². The molecule has 2 aromatic heterocycles. The third-order valence-corrected chi connectivity index (χ3v) is 4.62. The highest BCUT2D eigenvalue weighted by molar-refractivity contribution is 5.83. The highest BCUT2D eigenvalue weighted by Crippen LogP contribution is 2.18. The Kier molecular flexibility index (Phi) is 5.19. The lowest BCUT2D eigenvalue weighted by molar-refractivity contribution is 0.612. The molecule has 0 spiro atoms. The van der Waals surface area contributed by atoms with E-state index in [9.17, 15) is 4.39 Å². The summed E-state index contributed by atoms with van der Waals surface area (Å²) in [5, 5.41) is 7.71. The van der Waals surface area contributed by atoms with E-state index in [1.54, 1.807) is 12.1 Å². The van der Waals surface area contributed by atoms with E-state index < -0.39 is 0 Å². The van der Waals surface area contributed by atoms with E-state index in [1.807, 2.05) is 31.2 Å². The number of hydrogen-bond acceptors (Lipinski definition) is 4. The molecular formula is C22H22FN5. The van der Waals surface area contributed by atoms with Gasteiger partial charge in [-0.25, -0.2) is 9.37 Å². The van der Waals surface area contributed by atoms with E-state index in [2.05, 4.69) is 43.9 Å². The second-order valence-electron chi connectivity index (χ2n) is 6.70. The van der Waals surface area contributed by atoms with Crippen LogP contribution < -0.4 is 10.6 Å². The van der Waals surface area contributed by atoms with Gasteiger partial charge in [-0.15, -0.1) is 0 Å². The van der Waals surface area contributed by atoms with Crippen molar-refractivity contribution in [1.82, 2.24) is 15.0 Å². The van der Waals surface area contributed by atoms with Crippen LogP contribution in [0.5, 0.6) is 0 Å². The number of anilines is 2. The zero-order valence-corrected chi connectivity index (χ0v) is 15.7. The van der Waals surface area contributed by atoms with Crippen molar-refractivity contribution in [1.29, 1.82) is 0 Å². The molecule has 28 heavy (non-hydrogen) atoms. The smallest absolute Gasteiger partial charge is 0.225 e. The van der Waals surface area contributed by atoms with E-state index in [0.717, 1.165) is 30.0 Å². The van der Waals surface area contributed by atoms with Crippen LogP contribution in [0.3, 0.4) is 0 Å². The maximum atomic E-state index is 13.8.